The number of methoxy groups -OCH3 is 1. The van der Waals surface area contributed by atoms with Crippen LogP contribution in [0.5, 0.6) is 5.75 Å². The predicted octanol–water partition coefficient (Wildman–Crippen LogP) is 8.38. The van der Waals surface area contributed by atoms with E-state index in [2.05, 4.69) is 86.0 Å². The van der Waals surface area contributed by atoms with Crippen LogP contribution < -0.4 is 41.8 Å². The Morgan fingerprint density at radius 1 is 0.842 bits per heavy atom. The average molecular weight is 782 g/mol. The molecule has 6 N–H and O–H groups in total. The molecular weight excluding hydrogens is 723 g/mol. The number of urea groups is 2. The van der Waals surface area contributed by atoms with Gasteiger partial charge in [0.05, 0.1) is 24.2 Å². The van der Waals surface area contributed by atoms with E-state index in [-0.39, 0.29) is 25.0 Å². The highest BCUT2D eigenvalue weighted by Crippen LogP contribution is 2.26. The number of aromatic amines is 1. The average Bonchev–Trinajstić information content (AvgIpc) is 3.20. The van der Waals surface area contributed by atoms with Crippen molar-refractivity contribution in [2.24, 2.45) is 21.1 Å². The summed E-state index contributed by atoms with van der Waals surface area (Å²) in [7, 11) is 1.61. The number of allylic oxidation sites excluding steroid dienone is 2. The number of nitrogens with one attached hydrogen (secondary N) is 6. The Labute approximate surface area is 336 Å². The summed E-state index contributed by atoms with van der Waals surface area (Å²) in [5.41, 5.74) is 4.13. The fourth-order valence-electron chi connectivity index (χ4n) is 6.43. The van der Waals surface area contributed by atoms with E-state index < -0.39 is 17.6 Å². The van der Waals surface area contributed by atoms with E-state index in [0.29, 0.717) is 42.0 Å². The molecule has 57 heavy (non-hydrogen) atoms. The van der Waals surface area contributed by atoms with Gasteiger partial charge in [-0.3, -0.25) is 15.4 Å². The molecule has 2 aromatic carbocycles. The van der Waals surface area contributed by atoms with Gasteiger partial charge in [0.15, 0.2) is 0 Å². The van der Waals surface area contributed by atoms with Crippen LogP contribution in [0.15, 0.2) is 98.7 Å². The second-order valence-electron chi connectivity index (χ2n) is 13.9. The first kappa shape index (κ1) is 43.7. The van der Waals surface area contributed by atoms with Crippen LogP contribution in [0.2, 0.25) is 0 Å². The van der Waals surface area contributed by atoms with Crippen molar-refractivity contribution >= 4 is 41.0 Å². The molecule has 0 fully saturated rings. The quantitative estimate of drug-likeness (QED) is 0.0585. The number of ether oxygens (including phenoxy) is 1. The zero-order chi connectivity index (χ0) is 41.0. The summed E-state index contributed by atoms with van der Waals surface area (Å²) in [6, 6.07) is 15.4. The number of azo groups is 1. The maximum Gasteiger partial charge on any atom is 0.321 e. The van der Waals surface area contributed by atoms with Crippen LogP contribution in [0.25, 0.3) is 0 Å². The molecule has 0 bridgehead atoms. The van der Waals surface area contributed by atoms with Crippen molar-refractivity contribution in [3.05, 3.63) is 94.7 Å². The van der Waals surface area contributed by atoms with Gasteiger partial charge in [0, 0.05) is 49.3 Å². The van der Waals surface area contributed by atoms with E-state index in [1.165, 1.54) is 6.07 Å². The second-order valence-corrected chi connectivity index (χ2v) is 13.9. The van der Waals surface area contributed by atoms with Gasteiger partial charge in [0.1, 0.15) is 5.75 Å². The molecule has 3 aromatic rings. The maximum absolute atomic E-state index is 13.0. The minimum absolute atomic E-state index is 0.103. The van der Waals surface area contributed by atoms with Crippen molar-refractivity contribution in [1.29, 1.82) is 0 Å². The Morgan fingerprint density at radius 2 is 1.42 bits per heavy atom. The van der Waals surface area contributed by atoms with Crippen molar-refractivity contribution in [3.8, 4) is 5.75 Å². The summed E-state index contributed by atoms with van der Waals surface area (Å²) in [5.74, 6) is 1.67. The summed E-state index contributed by atoms with van der Waals surface area (Å²) < 4.78 is 5.21. The number of nitrogens with zero attached hydrogens (tertiary/aromatic N) is 5. The third-order valence-electron chi connectivity index (χ3n) is 9.65. The molecule has 15 nitrogen and oxygen atoms in total. The number of amides is 4. The number of hydrogen-bond donors (Lipinski definition) is 6. The molecule has 306 valence electrons. The molecule has 2 unspecified atom stereocenters. The Hall–Kier alpha value is -5.99. The smallest absolute Gasteiger partial charge is 0.321 e. The van der Waals surface area contributed by atoms with Gasteiger partial charge >= 0.3 is 12.1 Å². The number of aliphatic imine (C=N–C) groups is 1. The van der Waals surface area contributed by atoms with Crippen molar-refractivity contribution in [2.75, 3.05) is 43.5 Å². The van der Waals surface area contributed by atoms with E-state index in [4.69, 9.17) is 4.74 Å². The van der Waals surface area contributed by atoms with E-state index in [0.717, 1.165) is 74.2 Å². The summed E-state index contributed by atoms with van der Waals surface area (Å²) in [6.45, 7) is 13.9. The third-order valence-corrected chi connectivity index (χ3v) is 9.65. The van der Waals surface area contributed by atoms with Crippen molar-refractivity contribution in [3.63, 3.8) is 0 Å². The molecule has 0 radical (unpaired) electrons. The number of carbonyl (C=O) groups is 2. The molecule has 15 heteroatoms. The number of benzene rings is 2. The number of rotatable bonds is 21. The number of carbonyl (C=O) groups excluding carboxylic acids is 2. The molecule has 4 rings (SSSR count). The lowest BCUT2D eigenvalue weighted by Gasteiger charge is -2.26. The van der Waals surface area contributed by atoms with Crippen LogP contribution in [0.1, 0.15) is 90.7 Å². The van der Waals surface area contributed by atoms with Gasteiger partial charge in [0.25, 0.3) is 5.56 Å². The van der Waals surface area contributed by atoms with Crippen LogP contribution in [-0.2, 0) is 0 Å². The van der Waals surface area contributed by atoms with E-state index in [1.807, 2.05) is 59.5 Å². The molecule has 1 aromatic heterocycles. The topological polar surface area (TPSA) is 190 Å². The monoisotopic (exact) mass is 781 g/mol. The molecule has 0 saturated heterocycles. The number of hydrogen-bond acceptors (Lipinski definition) is 10. The SMILES string of the molecule is C=C1C=C(C(CC)CCCC)NC(NC(=O)NCCN(CCNC(=O)Nc2nc(=O)cc(C(CC)CCCC)[nH]2)c2ccc(/N=N/c3ccc(OC)cc3)cc2)=N1. The van der Waals surface area contributed by atoms with Gasteiger partial charge in [-0.2, -0.15) is 15.2 Å². The second kappa shape index (κ2) is 23.2. The summed E-state index contributed by atoms with van der Waals surface area (Å²) >= 11 is 0. The Balaban J connectivity index is 1.38. The summed E-state index contributed by atoms with van der Waals surface area (Å²) in [6.07, 6.45) is 10.1. The molecule has 1 aliphatic heterocycles. The lowest BCUT2D eigenvalue weighted by molar-refractivity contribution is 0.245. The first-order chi connectivity index (χ1) is 27.6. The largest absolute Gasteiger partial charge is 0.497 e. The molecule has 4 amide bonds. The normalized spacial score (nSPS) is 13.5. The van der Waals surface area contributed by atoms with Gasteiger partial charge in [-0.1, -0.05) is 60.0 Å². The molecule has 0 spiro atoms. The van der Waals surface area contributed by atoms with Crippen LogP contribution in [0, 0.1) is 5.92 Å². The van der Waals surface area contributed by atoms with E-state index in [9.17, 15) is 14.4 Å². The third kappa shape index (κ3) is 14.5. The van der Waals surface area contributed by atoms with Gasteiger partial charge in [-0.05, 0) is 92.1 Å². The fourth-order valence-corrected chi connectivity index (χ4v) is 6.43. The summed E-state index contributed by atoms with van der Waals surface area (Å²) in [4.78, 5) is 51.9. The van der Waals surface area contributed by atoms with Crippen LogP contribution >= 0.6 is 0 Å². The van der Waals surface area contributed by atoms with Gasteiger partial charge in [-0.25, -0.2) is 14.6 Å². The molecule has 1 aliphatic rings. The Bertz CT molecular complexity index is 1910. The molecular formula is C42H59N11O4. The standard InChI is InChI=1S/C42H59N11O4/c1-7-11-13-30(9-3)36-27-29(5)45-39(46-36)49-41(55)43-23-25-53(34-19-15-32(16-20-34)51-52-33-17-21-35(57-6)22-18-33)26-24-44-42(56)50-40-47-37(28-38(54)48-40)31(10-4)14-12-8-2/h15-22,27-28,30-31H,5,7-14,23-26H2,1-4,6H3,(H3,43,45,46,49,55)(H3,44,47,48,50,54,56)/b52-51+. The molecule has 0 saturated carbocycles. The van der Waals surface area contributed by atoms with Crippen molar-refractivity contribution < 1.29 is 14.3 Å². The van der Waals surface area contributed by atoms with Crippen LogP contribution in [0.4, 0.5) is 32.6 Å². The Kier molecular flexibility index (Phi) is 17.8. The molecule has 2 heterocycles. The zero-order valence-electron chi connectivity index (χ0n) is 34.0. The highest BCUT2D eigenvalue weighted by molar-refractivity contribution is 5.98. The fraction of sp³-hybridized carbons (Fsp3) is 0.452. The minimum Gasteiger partial charge on any atom is -0.497 e. The summed E-state index contributed by atoms with van der Waals surface area (Å²) in [5, 5.41) is 23.2. The lowest BCUT2D eigenvalue weighted by Crippen LogP contribution is -2.49. The minimum atomic E-state index is -0.501. The number of aromatic nitrogens is 2. The van der Waals surface area contributed by atoms with E-state index >= 15 is 0 Å². The first-order valence-electron chi connectivity index (χ1n) is 20.0. The number of anilines is 2. The van der Waals surface area contributed by atoms with Gasteiger partial charge < -0.3 is 30.6 Å². The highest BCUT2D eigenvalue weighted by atomic mass is 16.5. The predicted molar refractivity (Wildman–Crippen MR) is 228 cm³/mol. The number of H-pyrrole nitrogens is 1. The molecule has 2 atom stereocenters. The van der Waals surface area contributed by atoms with Crippen molar-refractivity contribution in [1.82, 2.24) is 31.2 Å². The zero-order valence-corrected chi connectivity index (χ0v) is 34.0. The van der Waals surface area contributed by atoms with Crippen LogP contribution in [0.3, 0.4) is 0 Å². The van der Waals surface area contributed by atoms with Crippen molar-refractivity contribution in [2.45, 2.75) is 85.0 Å². The molecule has 0 aliphatic carbocycles. The van der Waals surface area contributed by atoms with Crippen LogP contribution in [-0.4, -0.2) is 61.3 Å². The van der Waals surface area contributed by atoms with Gasteiger partial charge in [-0.15, -0.1) is 0 Å². The maximum atomic E-state index is 13.0. The number of guanidine groups is 1. The van der Waals surface area contributed by atoms with E-state index in [1.54, 1.807) is 7.11 Å². The first-order valence-corrected chi connectivity index (χ1v) is 20.0. The Morgan fingerprint density at radius 3 is 2.00 bits per heavy atom. The highest BCUT2D eigenvalue weighted by Gasteiger charge is 2.19. The lowest BCUT2D eigenvalue weighted by atomic mass is 9.94. The van der Waals surface area contributed by atoms with Gasteiger partial charge in [0.2, 0.25) is 11.9 Å². The number of unbranched alkanes of at least 4 members (excludes halogenated alkanes) is 2.